The van der Waals surface area contributed by atoms with Crippen LogP contribution in [-0.4, -0.2) is 29.6 Å². The molecule has 15 heavy (non-hydrogen) atoms. The van der Waals surface area contributed by atoms with Crippen LogP contribution < -0.4 is 0 Å². The van der Waals surface area contributed by atoms with Gasteiger partial charge in [-0.1, -0.05) is 11.8 Å². The first kappa shape index (κ1) is 14.7. The first-order valence-electron chi connectivity index (χ1n) is 4.63. The summed E-state index contributed by atoms with van der Waals surface area (Å²) in [6.45, 7) is 1.33. The molecule has 90 valence electrons. The Balaban J connectivity index is 3.59. The van der Waals surface area contributed by atoms with Crippen LogP contribution in [0.1, 0.15) is 26.2 Å². The van der Waals surface area contributed by atoms with Gasteiger partial charge < -0.3 is 0 Å². The fourth-order valence-electron chi connectivity index (χ4n) is 0.962. The van der Waals surface area contributed by atoms with Crippen LogP contribution >= 0.6 is 11.8 Å². The van der Waals surface area contributed by atoms with Gasteiger partial charge in [0.15, 0.2) is 5.12 Å². The lowest BCUT2D eigenvalue weighted by Gasteiger charge is -2.12. The maximum atomic E-state index is 13.0. The zero-order valence-electron chi connectivity index (χ0n) is 8.39. The lowest BCUT2D eigenvalue weighted by Crippen LogP contribution is -2.19. The summed E-state index contributed by atoms with van der Waals surface area (Å²) in [6, 6.07) is 0. The Morgan fingerprint density at radius 2 is 1.60 bits per heavy atom. The second kappa shape index (κ2) is 7.96. The van der Waals surface area contributed by atoms with Crippen LogP contribution in [0.2, 0.25) is 0 Å². The Labute approximate surface area is 90.6 Å². The van der Waals surface area contributed by atoms with E-state index in [0.29, 0.717) is 0 Å². The van der Waals surface area contributed by atoms with Crippen molar-refractivity contribution in [3.8, 4) is 0 Å². The summed E-state index contributed by atoms with van der Waals surface area (Å²) in [4.78, 5) is 10.5. The first-order valence-corrected chi connectivity index (χ1v) is 5.61. The molecule has 2 unspecified atom stereocenters. The summed E-state index contributed by atoms with van der Waals surface area (Å²) in [6.07, 6.45) is -7.41. The van der Waals surface area contributed by atoms with E-state index in [1.165, 1.54) is 6.92 Å². The Kier molecular flexibility index (Phi) is 7.82. The van der Waals surface area contributed by atoms with Crippen molar-refractivity contribution in [3.05, 3.63) is 0 Å². The smallest absolute Gasteiger partial charge is 0.238 e. The molecule has 6 heteroatoms. The Bertz CT molecular complexity index is 189. The van der Waals surface area contributed by atoms with E-state index in [9.17, 15) is 22.4 Å². The molecule has 0 saturated carbocycles. The van der Waals surface area contributed by atoms with Gasteiger partial charge in [0, 0.05) is 19.1 Å². The van der Waals surface area contributed by atoms with Gasteiger partial charge in [-0.15, -0.1) is 0 Å². The SMILES string of the molecule is CC(=O)SCCC(F)C(F)CCC(F)F. The summed E-state index contributed by atoms with van der Waals surface area (Å²) in [5, 5.41) is -0.162. The quantitative estimate of drug-likeness (QED) is 0.640. The van der Waals surface area contributed by atoms with Crippen LogP contribution in [0.15, 0.2) is 0 Å². The zero-order chi connectivity index (χ0) is 11.8. The van der Waals surface area contributed by atoms with E-state index < -0.39 is 31.6 Å². The fraction of sp³-hybridized carbons (Fsp3) is 0.889. The van der Waals surface area contributed by atoms with Gasteiger partial charge in [-0.25, -0.2) is 17.6 Å². The van der Waals surface area contributed by atoms with Crippen molar-refractivity contribution >= 4 is 16.9 Å². The predicted octanol–water partition coefficient (Wildman–Crippen LogP) is 3.38. The highest BCUT2D eigenvalue weighted by molar-refractivity contribution is 8.13. The highest BCUT2D eigenvalue weighted by Crippen LogP contribution is 2.18. The van der Waals surface area contributed by atoms with Crippen molar-refractivity contribution in [1.29, 1.82) is 0 Å². The van der Waals surface area contributed by atoms with Crippen molar-refractivity contribution in [2.24, 2.45) is 0 Å². The summed E-state index contributed by atoms with van der Waals surface area (Å²) >= 11 is 0.908. The predicted molar refractivity (Wildman–Crippen MR) is 52.8 cm³/mol. The van der Waals surface area contributed by atoms with Gasteiger partial charge in [-0.3, -0.25) is 4.79 Å². The average Bonchev–Trinajstić information content (AvgIpc) is 2.13. The average molecular weight is 246 g/mol. The summed E-state index contributed by atoms with van der Waals surface area (Å²) in [5.41, 5.74) is 0. The van der Waals surface area contributed by atoms with Crippen LogP contribution in [-0.2, 0) is 4.79 Å². The van der Waals surface area contributed by atoms with Crippen molar-refractivity contribution in [2.75, 3.05) is 5.75 Å². The fourth-order valence-corrected chi connectivity index (χ4v) is 1.59. The molecule has 0 fully saturated rings. The van der Waals surface area contributed by atoms with Crippen LogP contribution in [0.3, 0.4) is 0 Å². The van der Waals surface area contributed by atoms with E-state index in [1.807, 2.05) is 0 Å². The van der Waals surface area contributed by atoms with Crippen LogP contribution in [0.4, 0.5) is 17.6 Å². The van der Waals surface area contributed by atoms with Crippen molar-refractivity contribution in [2.45, 2.75) is 45.0 Å². The topological polar surface area (TPSA) is 17.1 Å². The number of hydrogen-bond acceptors (Lipinski definition) is 2. The monoisotopic (exact) mass is 246 g/mol. The molecule has 0 aliphatic heterocycles. The molecule has 0 rings (SSSR count). The third kappa shape index (κ3) is 8.72. The Morgan fingerprint density at radius 3 is 2.07 bits per heavy atom. The van der Waals surface area contributed by atoms with Crippen molar-refractivity contribution in [1.82, 2.24) is 0 Å². The van der Waals surface area contributed by atoms with Gasteiger partial charge in [0.05, 0.1) is 0 Å². The normalized spacial score (nSPS) is 15.3. The largest absolute Gasteiger partial charge is 0.288 e. The number of carbonyl (C=O) groups is 1. The van der Waals surface area contributed by atoms with E-state index in [2.05, 4.69) is 0 Å². The molecular weight excluding hydrogens is 232 g/mol. The maximum absolute atomic E-state index is 13.0. The molecule has 0 saturated heterocycles. The molecule has 2 atom stereocenters. The minimum atomic E-state index is -2.60. The Hall–Kier alpha value is -0.260. The van der Waals surface area contributed by atoms with Crippen molar-refractivity contribution in [3.63, 3.8) is 0 Å². The van der Waals surface area contributed by atoms with Gasteiger partial charge in [-0.05, 0) is 12.8 Å². The molecule has 0 aromatic carbocycles. The van der Waals surface area contributed by atoms with E-state index in [1.54, 1.807) is 0 Å². The number of alkyl halides is 4. The summed E-state index contributed by atoms with van der Waals surface area (Å²) in [7, 11) is 0. The number of carbonyl (C=O) groups excluding carboxylic acids is 1. The van der Waals surface area contributed by atoms with Gasteiger partial charge in [0.25, 0.3) is 0 Å². The van der Waals surface area contributed by atoms with E-state index in [4.69, 9.17) is 0 Å². The van der Waals surface area contributed by atoms with Crippen LogP contribution in [0.5, 0.6) is 0 Å². The maximum Gasteiger partial charge on any atom is 0.238 e. The first-order chi connectivity index (χ1) is 6.93. The molecule has 0 radical (unpaired) electrons. The lowest BCUT2D eigenvalue weighted by atomic mass is 10.1. The van der Waals surface area contributed by atoms with E-state index in [-0.39, 0.29) is 17.3 Å². The molecule has 0 aromatic rings. The Morgan fingerprint density at radius 1 is 1.07 bits per heavy atom. The molecule has 0 aliphatic carbocycles. The molecular formula is C9H14F4OS. The number of hydrogen-bond donors (Lipinski definition) is 0. The zero-order valence-corrected chi connectivity index (χ0v) is 9.21. The molecule has 0 bridgehead atoms. The second-order valence-corrected chi connectivity index (χ2v) is 4.40. The summed E-state index contributed by atoms with van der Waals surface area (Å²) < 4.78 is 49.2. The molecule has 0 aromatic heterocycles. The number of thioether (sulfide) groups is 1. The lowest BCUT2D eigenvalue weighted by molar-refractivity contribution is -0.109. The van der Waals surface area contributed by atoms with Gasteiger partial charge >= 0.3 is 0 Å². The number of rotatable bonds is 7. The molecule has 0 N–H and O–H groups in total. The highest BCUT2D eigenvalue weighted by atomic mass is 32.2. The molecule has 1 nitrogen and oxygen atoms in total. The number of halogens is 4. The van der Waals surface area contributed by atoms with E-state index in [0.717, 1.165) is 11.8 Å². The van der Waals surface area contributed by atoms with Crippen LogP contribution in [0.25, 0.3) is 0 Å². The van der Waals surface area contributed by atoms with Gasteiger partial charge in [0.2, 0.25) is 6.43 Å². The van der Waals surface area contributed by atoms with Crippen molar-refractivity contribution < 1.29 is 22.4 Å². The molecule has 0 spiro atoms. The summed E-state index contributed by atoms with van der Waals surface area (Å²) in [5.74, 6) is 0.186. The molecule has 0 aliphatic rings. The second-order valence-electron chi connectivity index (χ2n) is 3.13. The van der Waals surface area contributed by atoms with E-state index >= 15 is 0 Å². The molecule has 0 amide bonds. The standard InChI is InChI=1S/C9H14F4OS/c1-6(14)15-5-4-8(11)7(10)2-3-9(12)13/h7-9H,2-5H2,1H3. The van der Waals surface area contributed by atoms with Crippen LogP contribution in [0, 0.1) is 0 Å². The third-order valence-corrected chi connectivity index (χ3v) is 2.60. The van der Waals surface area contributed by atoms with Gasteiger partial charge in [-0.2, -0.15) is 0 Å². The minimum Gasteiger partial charge on any atom is -0.288 e. The molecule has 0 heterocycles. The third-order valence-electron chi connectivity index (χ3n) is 1.75. The highest BCUT2D eigenvalue weighted by Gasteiger charge is 2.21. The minimum absolute atomic E-state index is 0.116. The van der Waals surface area contributed by atoms with Gasteiger partial charge in [0.1, 0.15) is 12.3 Å².